The molecule has 0 radical (unpaired) electrons. The van der Waals surface area contributed by atoms with Gasteiger partial charge in [0.25, 0.3) is 0 Å². The van der Waals surface area contributed by atoms with Gasteiger partial charge in [0, 0.05) is 29.8 Å². The molecule has 2 heterocycles. The van der Waals surface area contributed by atoms with E-state index in [0.717, 1.165) is 23.7 Å². The Balaban J connectivity index is 2.23. The molecule has 1 fully saturated rings. The average molecular weight is 252 g/mol. The standard InChI is InChI=1S/C13H20N2OS/c1-9-11(3)17-7-6-15(9)13-8-12(10(2)16)4-5-14-13/h4-5,8-11,16H,6-7H2,1-3H3/t9?,10-,11?/m1/s1. The highest BCUT2D eigenvalue weighted by Crippen LogP contribution is 2.28. The third-order valence-corrected chi connectivity index (χ3v) is 4.77. The topological polar surface area (TPSA) is 36.4 Å². The molecule has 0 saturated carbocycles. The minimum atomic E-state index is -0.427. The minimum absolute atomic E-state index is 0.427. The quantitative estimate of drug-likeness (QED) is 0.877. The number of thioether (sulfide) groups is 1. The summed E-state index contributed by atoms with van der Waals surface area (Å²) in [4.78, 5) is 6.78. The highest BCUT2D eigenvalue weighted by Gasteiger charge is 2.26. The molecule has 0 aromatic carbocycles. The summed E-state index contributed by atoms with van der Waals surface area (Å²) in [6.45, 7) is 7.33. The predicted molar refractivity (Wildman–Crippen MR) is 73.6 cm³/mol. The van der Waals surface area contributed by atoms with Crippen molar-refractivity contribution in [3.63, 3.8) is 0 Å². The number of aliphatic hydroxyl groups is 1. The van der Waals surface area contributed by atoms with E-state index < -0.39 is 6.10 Å². The Hall–Kier alpha value is -0.740. The van der Waals surface area contributed by atoms with E-state index in [2.05, 4.69) is 23.7 Å². The van der Waals surface area contributed by atoms with Gasteiger partial charge in [0.2, 0.25) is 0 Å². The SMILES string of the molecule is CC1SCCN(c2cc([C@@H](C)O)ccn2)C1C. The van der Waals surface area contributed by atoms with Gasteiger partial charge in [-0.2, -0.15) is 11.8 Å². The van der Waals surface area contributed by atoms with Gasteiger partial charge < -0.3 is 10.0 Å². The lowest BCUT2D eigenvalue weighted by Crippen LogP contribution is -2.45. The number of hydrogen-bond donors (Lipinski definition) is 1. The fourth-order valence-corrected chi connectivity index (χ4v) is 3.21. The van der Waals surface area contributed by atoms with Gasteiger partial charge in [0.1, 0.15) is 5.82 Å². The molecule has 1 aromatic heterocycles. The Kier molecular flexibility index (Phi) is 3.94. The number of hydrogen-bond acceptors (Lipinski definition) is 4. The van der Waals surface area contributed by atoms with Gasteiger partial charge in [0.05, 0.1) is 6.10 Å². The number of anilines is 1. The molecular weight excluding hydrogens is 232 g/mol. The van der Waals surface area contributed by atoms with Crippen molar-refractivity contribution < 1.29 is 5.11 Å². The largest absolute Gasteiger partial charge is 0.389 e. The van der Waals surface area contributed by atoms with Crippen LogP contribution in [0.15, 0.2) is 18.3 Å². The normalized spacial score (nSPS) is 26.9. The fraction of sp³-hybridized carbons (Fsp3) is 0.615. The summed E-state index contributed by atoms with van der Waals surface area (Å²) in [6, 6.07) is 4.37. The molecule has 4 heteroatoms. The molecule has 0 spiro atoms. The first kappa shape index (κ1) is 12.7. The average Bonchev–Trinajstić information content (AvgIpc) is 2.33. The van der Waals surface area contributed by atoms with Crippen LogP contribution in [-0.2, 0) is 0 Å². The van der Waals surface area contributed by atoms with Crippen LogP contribution >= 0.6 is 11.8 Å². The van der Waals surface area contributed by atoms with Crippen LogP contribution in [-0.4, -0.2) is 33.7 Å². The lowest BCUT2D eigenvalue weighted by atomic mass is 10.1. The second-order valence-electron chi connectivity index (χ2n) is 4.63. The van der Waals surface area contributed by atoms with Crippen molar-refractivity contribution in [2.75, 3.05) is 17.2 Å². The summed E-state index contributed by atoms with van der Waals surface area (Å²) in [5.41, 5.74) is 0.938. The van der Waals surface area contributed by atoms with Crippen LogP contribution in [0.2, 0.25) is 0 Å². The van der Waals surface area contributed by atoms with Crippen LogP contribution in [0, 0.1) is 0 Å². The van der Waals surface area contributed by atoms with Gasteiger partial charge in [-0.1, -0.05) is 6.92 Å². The van der Waals surface area contributed by atoms with Crippen molar-refractivity contribution in [2.45, 2.75) is 38.2 Å². The molecule has 1 aromatic rings. The molecule has 94 valence electrons. The summed E-state index contributed by atoms with van der Waals surface area (Å²) in [7, 11) is 0. The Morgan fingerprint density at radius 3 is 3.00 bits per heavy atom. The van der Waals surface area contributed by atoms with Gasteiger partial charge in [-0.3, -0.25) is 0 Å². The maximum absolute atomic E-state index is 9.61. The van der Waals surface area contributed by atoms with Crippen LogP contribution in [0.1, 0.15) is 32.4 Å². The van der Waals surface area contributed by atoms with E-state index in [0.29, 0.717) is 11.3 Å². The first-order valence-electron chi connectivity index (χ1n) is 6.12. The molecular formula is C13H20N2OS. The minimum Gasteiger partial charge on any atom is -0.389 e. The number of aromatic nitrogens is 1. The van der Waals surface area contributed by atoms with E-state index >= 15 is 0 Å². The van der Waals surface area contributed by atoms with E-state index in [1.54, 1.807) is 13.1 Å². The predicted octanol–water partition coefficient (Wildman–Crippen LogP) is 2.47. The van der Waals surface area contributed by atoms with E-state index in [9.17, 15) is 5.11 Å². The van der Waals surface area contributed by atoms with Crippen LogP contribution in [0.25, 0.3) is 0 Å². The van der Waals surface area contributed by atoms with Crippen LogP contribution < -0.4 is 4.90 Å². The number of pyridine rings is 1. The van der Waals surface area contributed by atoms with E-state index in [-0.39, 0.29) is 0 Å². The highest BCUT2D eigenvalue weighted by molar-refractivity contribution is 8.00. The molecule has 0 amide bonds. The van der Waals surface area contributed by atoms with Gasteiger partial charge in [-0.25, -0.2) is 4.98 Å². The molecule has 0 aliphatic carbocycles. The Morgan fingerprint density at radius 1 is 1.53 bits per heavy atom. The maximum atomic E-state index is 9.61. The van der Waals surface area contributed by atoms with Gasteiger partial charge in [0.15, 0.2) is 0 Å². The monoisotopic (exact) mass is 252 g/mol. The third-order valence-electron chi connectivity index (χ3n) is 3.43. The summed E-state index contributed by atoms with van der Waals surface area (Å²) < 4.78 is 0. The fourth-order valence-electron chi connectivity index (χ4n) is 2.11. The summed E-state index contributed by atoms with van der Waals surface area (Å²) in [6.07, 6.45) is 1.36. The molecule has 1 aliphatic rings. The second kappa shape index (κ2) is 5.27. The van der Waals surface area contributed by atoms with E-state index in [1.165, 1.54) is 0 Å². The van der Waals surface area contributed by atoms with Crippen LogP contribution in [0.5, 0.6) is 0 Å². The molecule has 3 nitrogen and oxygen atoms in total. The zero-order valence-corrected chi connectivity index (χ0v) is 11.4. The number of aliphatic hydroxyl groups excluding tert-OH is 1. The Labute approximate surface area is 107 Å². The Morgan fingerprint density at radius 2 is 2.29 bits per heavy atom. The van der Waals surface area contributed by atoms with Crippen molar-refractivity contribution in [1.29, 1.82) is 0 Å². The summed E-state index contributed by atoms with van der Waals surface area (Å²) in [5, 5.41) is 10.2. The van der Waals surface area contributed by atoms with E-state index in [4.69, 9.17) is 0 Å². The lowest BCUT2D eigenvalue weighted by molar-refractivity contribution is 0.199. The molecule has 17 heavy (non-hydrogen) atoms. The first-order chi connectivity index (χ1) is 8.09. The third kappa shape index (κ3) is 2.75. The molecule has 1 aliphatic heterocycles. The van der Waals surface area contributed by atoms with E-state index in [1.807, 2.05) is 23.9 Å². The number of nitrogens with zero attached hydrogens (tertiary/aromatic N) is 2. The number of rotatable bonds is 2. The van der Waals surface area contributed by atoms with Crippen molar-refractivity contribution in [3.05, 3.63) is 23.9 Å². The van der Waals surface area contributed by atoms with Crippen molar-refractivity contribution in [3.8, 4) is 0 Å². The molecule has 2 unspecified atom stereocenters. The highest BCUT2D eigenvalue weighted by atomic mass is 32.2. The maximum Gasteiger partial charge on any atom is 0.129 e. The molecule has 2 rings (SSSR count). The van der Waals surface area contributed by atoms with Gasteiger partial charge in [-0.05, 0) is 31.5 Å². The summed E-state index contributed by atoms with van der Waals surface area (Å²) in [5.74, 6) is 2.13. The molecule has 3 atom stereocenters. The first-order valence-corrected chi connectivity index (χ1v) is 7.16. The molecule has 1 saturated heterocycles. The zero-order valence-electron chi connectivity index (χ0n) is 10.6. The van der Waals surface area contributed by atoms with Crippen LogP contribution in [0.4, 0.5) is 5.82 Å². The van der Waals surface area contributed by atoms with Crippen molar-refractivity contribution in [2.24, 2.45) is 0 Å². The lowest BCUT2D eigenvalue weighted by Gasteiger charge is -2.38. The Bertz CT molecular complexity index is 383. The van der Waals surface area contributed by atoms with Gasteiger partial charge >= 0.3 is 0 Å². The van der Waals surface area contributed by atoms with Crippen molar-refractivity contribution >= 4 is 17.6 Å². The van der Waals surface area contributed by atoms with Crippen LogP contribution in [0.3, 0.4) is 0 Å². The van der Waals surface area contributed by atoms with Gasteiger partial charge in [-0.15, -0.1) is 0 Å². The molecule has 0 bridgehead atoms. The zero-order chi connectivity index (χ0) is 12.4. The smallest absolute Gasteiger partial charge is 0.129 e. The summed E-state index contributed by atoms with van der Waals surface area (Å²) >= 11 is 2.02. The second-order valence-corrected chi connectivity index (χ2v) is 6.12. The van der Waals surface area contributed by atoms with Crippen molar-refractivity contribution in [1.82, 2.24) is 4.98 Å². The molecule has 1 N–H and O–H groups in total.